The molecule has 1 rings (SSSR count). The van der Waals surface area contributed by atoms with Gasteiger partial charge in [0.25, 0.3) is 0 Å². The van der Waals surface area contributed by atoms with Crippen LogP contribution in [0.25, 0.3) is 0 Å². The van der Waals surface area contributed by atoms with E-state index < -0.39 is 0 Å². The van der Waals surface area contributed by atoms with Crippen molar-refractivity contribution in [2.45, 2.75) is 57.5 Å². The normalized spacial score (nSPS) is 17.6. The van der Waals surface area contributed by atoms with E-state index in [2.05, 4.69) is 10.2 Å². The van der Waals surface area contributed by atoms with E-state index in [-0.39, 0.29) is 11.9 Å². The van der Waals surface area contributed by atoms with Gasteiger partial charge in [0, 0.05) is 32.8 Å². The van der Waals surface area contributed by atoms with Crippen LogP contribution in [0.15, 0.2) is 0 Å². The highest BCUT2D eigenvalue weighted by molar-refractivity contribution is 5.81. The first-order valence-corrected chi connectivity index (χ1v) is 7.93. The number of ether oxygens (including phenoxy) is 1. The van der Waals surface area contributed by atoms with E-state index in [1.807, 2.05) is 6.92 Å². The average molecular weight is 285 g/mol. The Balaban J connectivity index is 2.43. The van der Waals surface area contributed by atoms with E-state index in [4.69, 9.17) is 10.5 Å². The number of hydrogen-bond acceptors (Lipinski definition) is 4. The molecule has 1 unspecified atom stereocenters. The first-order valence-electron chi connectivity index (χ1n) is 7.93. The van der Waals surface area contributed by atoms with Crippen LogP contribution < -0.4 is 11.1 Å². The number of nitrogens with zero attached hydrogens (tertiary/aromatic N) is 1. The topological polar surface area (TPSA) is 67.6 Å². The van der Waals surface area contributed by atoms with E-state index in [9.17, 15) is 4.79 Å². The summed E-state index contributed by atoms with van der Waals surface area (Å²) in [6.07, 6.45) is 6.81. The molecule has 0 aliphatic heterocycles. The van der Waals surface area contributed by atoms with Crippen LogP contribution in [0.4, 0.5) is 0 Å². The largest absolute Gasteiger partial charge is 0.385 e. The van der Waals surface area contributed by atoms with Crippen LogP contribution in [0.5, 0.6) is 0 Å². The van der Waals surface area contributed by atoms with E-state index in [1.54, 1.807) is 7.11 Å². The number of hydrogen-bond donors (Lipinski definition) is 2. The lowest BCUT2D eigenvalue weighted by Gasteiger charge is -2.33. The minimum Gasteiger partial charge on any atom is -0.385 e. The van der Waals surface area contributed by atoms with Crippen molar-refractivity contribution in [3.63, 3.8) is 0 Å². The Morgan fingerprint density at radius 1 is 1.40 bits per heavy atom. The molecule has 20 heavy (non-hydrogen) atoms. The van der Waals surface area contributed by atoms with Crippen molar-refractivity contribution in [3.8, 4) is 0 Å². The van der Waals surface area contributed by atoms with Crippen molar-refractivity contribution < 1.29 is 9.53 Å². The van der Waals surface area contributed by atoms with Crippen LogP contribution in [0.1, 0.15) is 45.4 Å². The molecule has 0 radical (unpaired) electrons. The fourth-order valence-electron chi connectivity index (χ4n) is 2.93. The number of amides is 1. The maximum Gasteiger partial charge on any atom is 0.237 e. The lowest BCUT2D eigenvalue weighted by Crippen LogP contribution is -2.50. The third-order valence-corrected chi connectivity index (χ3v) is 4.12. The lowest BCUT2D eigenvalue weighted by molar-refractivity contribution is -0.126. The molecule has 1 atom stereocenters. The van der Waals surface area contributed by atoms with Gasteiger partial charge in [0.2, 0.25) is 5.91 Å². The molecule has 1 aliphatic carbocycles. The first kappa shape index (κ1) is 17.4. The molecule has 0 bridgehead atoms. The van der Waals surface area contributed by atoms with Gasteiger partial charge < -0.3 is 15.8 Å². The predicted molar refractivity (Wildman–Crippen MR) is 81.6 cm³/mol. The highest BCUT2D eigenvalue weighted by Gasteiger charge is 2.29. The fraction of sp³-hybridized carbons (Fsp3) is 0.933. The SMILES string of the molecule is COCCCNC(=O)C(C)N(CCCN)C1CCCC1. The molecule has 1 aliphatic rings. The Morgan fingerprint density at radius 3 is 2.70 bits per heavy atom. The molecule has 1 saturated carbocycles. The number of methoxy groups -OCH3 is 1. The van der Waals surface area contributed by atoms with Crippen LogP contribution in [0.2, 0.25) is 0 Å². The highest BCUT2D eigenvalue weighted by Crippen LogP contribution is 2.25. The van der Waals surface area contributed by atoms with Crippen molar-refractivity contribution >= 4 is 5.91 Å². The molecule has 3 N–H and O–H groups in total. The Hall–Kier alpha value is -0.650. The van der Waals surface area contributed by atoms with Gasteiger partial charge in [0.15, 0.2) is 0 Å². The van der Waals surface area contributed by atoms with Crippen molar-refractivity contribution in [1.29, 1.82) is 0 Å². The molecule has 0 spiro atoms. The second kappa shape index (κ2) is 10.1. The zero-order valence-corrected chi connectivity index (χ0v) is 13.1. The molecule has 0 aromatic carbocycles. The summed E-state index contributed by atoms with van der Waals surface area (Å²) in [6.45, 7) is 5.00. The van der Waals surface area contributed by atoms with Crippen molar-refractivity contribution in [2.75, 3.05) is 33.4 Å². The summed E-state index contributed by atoms with van der Waals surface area (Å²) in [4.78, 5) is 14.6. The summed E-state index contributed by atoms with van der Waals surface area (Å²) < 4.78 is 4.99. The molecule has 5 nitrogen and oxygen atoms in total. The summed E-state index contributed by atoms with van der Waals surface area (Å²) in [6, 6.07) is 0.494. The zero-order chi connectivity index (χ0) is 14.8. The van der Waals surface area contributed by atoms with Gasteiger partial charge in [0.1, 0.15) is 0 Å². The molecule has 0 saturated heterocycles. The predicted octanol–water partition coefficient (Wildman–Crippen LogP) is 1.12. The van der Waals surface area contributed by atoms with Crippen molar-refractivity contribution in [1.82, 2.24) is 10.2 Å². The van der Waals surface area contributed by atoms with E-state index in [0.29, 0.717) is 25.7 Å². The number of nitrogens with two attached hydrogens (primary N) is 1. The number of nitrogens with one attached hydrogen (secondary N) is 1. The van der Waals surface area contributed by atoms with Crippen molar-refractivity contribution in [3.05, 3.63) is 0 Å². The van der Waals surface area contributed by atoms with Crippen LogP contribution in [-0.2, 0) is 9.53 Å². The second-order valence-electron chi connectivity index (χ2n) is 5.63. The minimum atomic E-state index is -0.0628. The molecule has 118 valence electrons. The maximum atomic E-state index is 12.2. The molecule has 0 aromatic heterocycles. The molecule has 0 aromatic rings. The van der Waals surface area contributed by atoms with Crippen LogP contribution in [0, 0.1) is 0 Å². The number of carbonyl (C=O) groups excluding carboxylic acids is 1. The minimum absolute atomic E-state index is 0.0628. The molecular formula is C15H31N3O2. The van der Waals surface area contributed by atoms with Crippen LogP contribution in [0.3, 0.4) is 0 Å². The monoisotopic (exact) mass is 285 g/mol. The summed E-state index contributed by atoms with van der Waals surface area (Å²) in [5, 5.41) is 3.01. The lowest BCUT2D eigenvalue weighted by atomic mass is 10.1. The van der Waals surface area contributed by atoms with Gasteiger partial charge in [-0.05, 0) is 39.2 Å². The zero-order valence-electron chi connectivity index (χ0n) is 13.1. The smallest absolute Gasteiger partial charge is 0.237 e. The summed E-state index contributed by atoms with van der Waals surface area (Å²) >= 11 is 0. The van der Waals surface area contributed by atoms with Gasteiger partial charge in [-0.15, -0.1) is 0 Å². The Morgan fingerprint density at radius 2 is 2.10 bits per heavy atom. The molecule has 1 amide bonds. The highest BCUT2D eigenvalue weighted by atomic mass is 16.5. The van der Waals surface area contributed by atoms with E-state index in [0.717, 1.165) is 19.4 Å². The standard InChI is InChI=1S/C15H31N3O2/c1-13(15(19)17-10-6-12-20-2)18(11-5-9-16)14-7-3-4-8-14/h13-14H,3-12,16H2,1-2H3,(H,17,19). The van der Waals surface area contributed by atoms with Crippen LogP contribution >= 0.6 is 0 Å². The van der Waals surface area contributed by atoms with Gasteiger partial charge in [-0.1, -0.05) is 12.8 Å². The second-order valence-corrected chi connectivity index (χ2v) is 5.63. The third-order valence-electron chi connectivity index (χ3n) is 4.12. The van der Waals surface area contributed by atoms with E-state index >= 15 is 0 Å². The van der Waals surface area contributed by atoms with Gasteiger partial charge in [-0.25, -0.2) is 0 Å². The van der Waals surface area contributed by atoms with E-state index in [1.165, 1.54) is 25.7 Å². The number of rotatable bonds is 10. The van der Waals surface area contributed by atoms with Gasteiger partial charge in [0.05, 0.1) is 6.04 Å². The molecule has 0 heterocycles. The van der Waals surface area contributed by atoms with Gasteiger partial charge >= 0.3 is 0 Å². The summed E-state index contributed by atoms with van der Waals surface area (Å²) in [5.41, 5.74) is 5.62. The molecule has 1 fully saturated rings. The summed E-state index contributed by atoms with van der Waals surface area (Å²) in [5.74, 6) is 0.130. The fourth-order valence-corrected chi connectivity index (χ4v) is 2.93. The van der Waals surface area contributed by atoms with Gasteiger partial charge in [-0.2, -0.15) is 0 Å². The number of carbonyl (C=O) groups is 1. The van der Waals surface area contributed by atoms with Crippen molar-refractivity contribution in [2.24, 2.45) is 5.73 Å². The summed E-state index contributed by atoms with van der Waals surface area (Å²) in [7, 11) is 1.68. The Labute approximate surface area is 123 Å². The Kier molecular flexibility index (Phi) is 8.82. The quantitative estimate of drug-likeness (QED) is 0.590. The van der Waals surface area contributed by atoms with Crippen LogP contribution in [-0.4, -0.2) is 56.2 Å². The maximum absolute atomic E-state index is 12.2. The molecule has 5 heteroatoms. The third kappa shape index (κ3) is 5.77. The first-order chi connectivity index (χ1) is 9.70. The molecular weight excluding hydrogens is 254 g/mol. The Bertz CT molecular complexity index is 268. The average Bonchev–Trinajstić information content (AvgIpc) is 2.97. The van der Waals surface area contributed by atoms with Gasteiger partial charge in [-0.3, -0.25) is 9.69 Å².